The van der Waals surface area contributed by atoms with Crippen molar-refractivity contribution in [3.05, 3.63) is 53.6 Å². The van der Waals surface area contributed by atoms with E-state index in [1.165, 1.54) is 25.2 Å². The highest BCUT2D eigenvalue weighted by Crippen LogP contribution is 2.35. The first-order valence-corrected chi connectivity index (χ1v) is 7.50. The summed E-state index contributed by atoms with van der Waals surface area (Å²) in [5, 5.41) is 2.34. The minimum absolute atomic E-state index is 0.296. The molecule has 4 nitrogen and oxygen atoms in total. The van der Waals surface area contributed by atoms with Gasteiger partial charge in [-0.05, 0) is 46.4 Å². The lowest BCUT2D eigenvalue weighted by Gasteiger charge is -2.14. The van der Waals surface area contributed by atoms with Crippen LogP contribution < -0.4 is 0 Å². The van der Waals surface area contributed by atoms with Gasteiger partial charge in [0.2, 0.25) is 0 Å². The van der Waals surface area contributed by atoms with E-state index in [4.69, 9.17) is 9.47 Å². The van der Waals surface area contributed by atoms with Gasteiger partial charge in [0.05, 0.1) is 14.2 Å². The second-order valence-electron chi connectivity index (χ2n) is 5.59. The standard InChI is InChI=1S/C19H18O4/c1-22-18(20)17(19(21)23-2)11-15-8-7-14-9-12-5-3-4-6-13(12)10-16(14)15/h3-6,8-10,17H,7,11H2,1-2H3. The normalized spacial score (nSPS) is 12.9. The summed E-state index contributed by atoms with van der Waals surface area (Å²) >= 11 is 0. The third-order valence-electron chi connectivity index (χ3n) is 4.28. The SMILES string of the molecule is COC(=O)C(CC1=CCc2cc3ccccc3cc21)C(=O)OC. The molecular formula is C19H18O4. The fourth-order valence-electron chi connectivity index (χ4n) is 3.06. The van der Waals surface area contributed by atoms with E-state index in [0.29, 0.717) is 6.42 Å². The van der Waals surface area contributed by atoms with E-state index in [1.54, 1.807) is 0 Å². The summed E-state index contributed by atoms with van der Waals surface area (Å²) in [4.78, 5) is 23.7. The van der Waals surface area contributed by atoms with Crippen LogP contribution in [0.5, 0.6) is 0 Å². The zero-order valence-electron chi connectivity index (χ0n) is 13.2. The zero-order chi connectivity index (χ0) is 16.4. The first-order valence-electron chi connectivity index (χ1n) is 7.50. The number of benzene rings is 2. The number of allylic oxidation sites excluding steroid dienone is 2. The average Bonchev–Trinajstić information content (AvgIpc) is 2.98. The van der Waals surface area contributed by atoms with Gasteiger partial charge in [0, 0.05) is 0 Å². The number of methoxy groups -OCH3 is 2. The first-order chi connectivity index (χ1) is 11.1. The molecule has 0 radical (unpaired) electrons. The van der Waals surface area contributed by atoms with Gasteiger partial charge >= 0.3 is 11.9 Å². The molecule has 0 aliphatic heterocycles. The van der Waals surface area contributed by atoms with Crippen molar-refractivity contribution >= 4 is 28.3 Å². The van der Waals surface area contributed by atoms with Crippen molar-refractivity contribution in [1.82, 2.24) is 0 Å². The molecule has 0 heterocycles. The Labute approximate surface area is 134 Å². The Hall–Kier alpha value is -2.62. The Morgan fingerprint density at radius 2 is 1.65 bits per heavy atom. The molecule has 0 N–H and O–H groups in total. The molecule has 0 spiro atoms. The van der Waals surface area contributed by atoms with Gasteiger partial charge in [0.1, 0.15) is 0 Å². The van der Waals surface area contributed by atoms with E-state index in [0.717, 1.165) is 22.9 Å². The predicted molar refractivity (Wildman–Crippen MR) is 87.8 cm³/mol. The third kappa shape index (κ3) is 2.84. The molecule has 2 aromatic rings. The van der Waals surface area contributed by atoms with Gasteiger partial charge in [0.25, 0.3) is 0 Å². The molecule has 0 atom stereocenters. The Morgan fingerprint density at radius 3 is 2.26 bits per heavy atom. The minimum atomic E-state index is -0.923. The fraction of sp³-hybridized carbons (Fsp3) is 0.263. The second-order valence-corrected chi connectivity index (χ2v) is 5.59. The summed E-state index contributed by atoms with van der Waals surface area (Å²) in [5.41, 5.74) is 3.31. The van der Waals surface area contributed by atoms with E-state index < -0.39 is 17.9 Å². The molecule has 0 aromatic heterocycles. The van der Waals surface area contributed by atoms with Crippen LogP contribution in [0, 0.1) is 5.92 Å². The van der Waals surface area contributed by atoms with Crippen LogP contribution in [0.2, 0.25) is 0 Å². The maximum absolute atomic E-state index is 11.9. The monoisotopic (exact) mass is 310 g/mol. The van der Waals surface area contributed by atoms with Gasteiger partial charge in [-0.3, -0.25) is 9.59 Å². The Bertz CT molecular complexity index is 788. The summed E-state index contributed by atoms with van der Waals surface area (Å²) < 4.78 is 9.47. The van der Waals surface area contributed by atoms with Gasteiger partial charge < -0.3 is 9.47 Å². The number of rotatable bonds is 4. The van der Waals surface area contributed by atoms with Crippen LogP contribution in [-0.4, -0.2) is 26.2 Å². The van der Waals surface area contributed by atoms with Crippen molar-refractivity contribution < 1.29 is 19.1 Å². The van der Waals surface area contributed by atoms with Crippen LogP contribution in [0.4, 0.5) is 0 Å². The molecule has 0 amide bonds. The number of esters is 2. The van der Waals surface area contributed by atoms with Gasteiger partial charge in [-0.25, -0.2) is 0 Å². The molecule has 0 unspecified atom stereocenters. The maximum atomic E-state index is 11.9. The molecule has 23 heavy (non-hydrogen) atoms. The highest BCUT2D eigenvalue weighted by molar-refractivity contribution is 5.97. The van der Waals surface area contributed by atoms with Crippen molar-refractivity contribution in [3.8, 4) is 0 Å². The summed E-state index contributed by atoms with van der Waals surface area (Å²) in [6, 6.07) is 12.4. The van der Waals surface area contributed by atoms with Crippen molar-refractivity contribution in [2.45, 2.75) is 12.8 Å². The molecule has 0 saturated carbocycles. The zero-order valence-corrected chi connectivity index (χ0v) is 13.2. The van der Waals surface area contributed by atoms with Crippen LogP contribution in [0.25, 0.3) is 16.3 Å². The van der Waals surface area contributed by atoms with Crippen molar-refractivity contribution in [2.24, 2.45) is 5.92 Å². The number of carbonyl (C=O) groups excluding carboxylic acids is 2. The lowest BCUT2D eigenvalue weighted by molar-refractivity contribution is -0.158. The van der Waals surface area contributed by atoms with E-state index in [-0.39, 0.29) is 0 Å². The van der Waals surface area contributed by atoms with E-state index in [1.807, 2.05) is 12.1 Å². The number of fused-ring (bicyclic) bond motifs is 2. The summed E-state index contributed by atoms with van der Waals surface area (Å²) in [6.07, 6.45) is 3.18. The molecular weight excluding hydrogens is 292 g/mol. The summed E-state index contributed by atoms with van der Waals surface area (Å²) in [5.74, 6) is -2.05. The number of hydrogen-bond donors (Lipinski definition) is 0. The molecule has 0 fully saturated rings. The van der Waals surface area contributed by atoms with Crippen LogP contribution in [0.3, 0.4) is 0 Å². The molecule has 0 bridgehead atoms. The molecule has 3 rings (SSSR count). The molecule has 0 saturated heterocycles. The van der Waals surface area contributed by atoms with Gasteiger partial charge in [-0.2, -0.15) is 0 Å². The summed E-state index contributed by atoms with van der Waals surface area (Å²) in [7, 11) is 2.56. The van der Waals surface area contributed by atoms with Crippen LogP contribution >= 0.6 is 0 Å². The van der Waals surface area contributed by atoms with Gasteiger partial charge in [-0.1, -0.05) is 36.4 Å². The topological polar surface area (TPSA) is 52.6 Å². The fourth-order valence-corrected chi connectivity index (χ4v) is 3.06. The lowest BCUT2D eigenvalue weighted by atomic mass is 9.93. The average molecular weight is 310 g/mol. The third-order valence-corrected chi connectivity index (χ3v) is 4.28. The number of ether oxygens (including phenoxy) is 2. The van der Waals surface area contributed by atoms with Crippen molar-refractivity contribution in [3.63, 3.8) is 0 Å². The molecule has 2 aromatic carbocycles. The molecule has 118 valence electrons. The van der Waals surface area contributed by atoms with Crippen LogP contribution in [-0.2, 0) is 25.5 Å². The molecule has 4 heteroatoms. The van der Waals surface area contributed by atoms with Crippen molar-refractivity contribution in [2.75, 3.05) is 14.2 Å². The number of carbonyl (C=O) groups is 2. The van der Waals surface area contributed by atoms with E-state index >= 15 is 0 Å². The molecule has 1 aliphatic carbocycles. The molecule has 1 aliphatic rings. The highest BCUT2D eigenvalue weighted by Gasteiger charge is 2.31. The Balaban J connectivity index is 1.93. The largest absolute Gasteiger partial charge is 0.468 e. The van der Waals surface area contributed by atoms with Gasteiger partial charge in [-0.15, -0.1) is 0 Å². The second kappa shape index (κ2) is 6.24. The van der Waals surface area contributed by atoms with E-state index in [2.05, 4.69) is 30.3 Å². The minimum Gasteiger partial charge on any atom is -0.468 e. The quantitative estimate of drug-likeness (QED) is 0.643. The van der Waals surface area contributed by atoms with E-state index in [9.17, 15) is 9.59 Å². The number of hydrogen-bond acceptors (Lipinski definition) is 4. The van der Waals surface area contributed by atoms with Crippen molar-refractivity contribution in [1.29, 1.82) is 0 Å². The van der Waals surface area contributed by atoms with Crippen LogP contribution in [0.1, 0.15) is 17.5 Å². The predicted octanol–water partition coefficient (Wildman–Crippen LogP) is 3.13. The van der Waals surface area contributed by atoms with Gasteiger partial charge in [0.15, 0.2) is 5.92 Å². The Kier molecular flexibility index (Phi) is 4.15. The smallest absolute Gasteiger partial charge is 0.320 e. The van der Waals surface area contributed by atoms with Crippen LogP contribution in [0.15, 0.2) is 42.5 Å². The highest BCUT2D eigenvalue weighted by atomic mass is 16.5. The lowest BCUT2D eigenvalue weighted by Crippen LogP contribution is -2.26. The first kappa shape index (κ1) is 15.3. The Morgan fingerprint density at radius 1 is 1.04 bits per heavy atom. The summed E-state index contributed by atoms with van der Waals surface area (Å²) in [6.45, 7) is 0. The maximum Gasteiger partial charge on any atom is 0.320 e.